The third kappa shape index (κ3) is 2.63. The minimum absolute atomic E-state index is 0.157. The Labute approximate surface area is 136 Å². The molecule has 1 N–H and O–H groups in total. The lowest BCUT2D eigenvalue weighted by atomic mass is 10.0. The van der Waals surface area contributed by atoms with E-state index in [1.165, 1.54) is 15.6 Å². The maximum atomic E-state index is 12.9. The van der Waals surface area contributed by atoms with Crippen LogP contribution in [0, 0.1) is 0 Å². The third-order valence-corrected chi connectivity index (χ3v) is 7.55. The lowest BCUT2D eigenvalue weighted by Crippen LogP contribution is -2.35. The number of aliphatic hydroxyl groups excluding tert-OH is 1. The van der Waals surface area contributed by atoms with Crippen LogP contribution in [0.25, 0.3) is 0 Å². The monoisotopic (exact) mass is 387 g/mol. The molecule has 1 aliphatic rings. The Morgan fingerprint density at radius 2 is 2.10 bits per heavy atom. The number of anilines is 1. The number of halogens is 1. The van der Waals surface area contributed by atoms with Gasteiger partial charge in [0.1, 0.15) is 4.90 Å². The van der Waals surface area contributed by atoms with E-state index in [1.807, 2.05) is 24.3 Å². The van der Waals surface area contributed by atoms with Gasteiger partial charge in [-0.15, -0.1) is 11.3 Å². The zero-order valence-electron chi connectivity index (χ0n) is 11.1. The van der Waals surface area contributed by atoms with Gasteiger partial charge in [0.2, 0.25) is 0 Å². The Balaban J connectivity index is 2.09. The van der Waals surface area contributed by atoms with Crippen molar-refractivity contribution >= 4 is 43.0 Å². The molecule has 0 unspecified atom stereocenters. The van der Waals surface area contributed by atoms with E-state index in [4.69, 9.17) is 0 Å². The van der Waals surface area contributed by atoms with E-state index in [9.17, 15) is 13.5 Å². The number of fused-ring (bicyclic) bond motifs is 1. The number of aryl methyl sites for hydroxylation is 1. The van der Waals surface area contributed by atoms with Gasteiger partial charge < -0.3 is 5.11 Å². The van der Waals surface area contributed by atoms with Gasteiger partial charge in [-0.25, -0.2) is 8.42 Å². The number of para-hydroxylation sites is 1. The summed E-state index contributed by atoms with van der Waals surface area (Å²) in [6.07, 6.45) is 1.71. The summed E-state index contributed by atoms with van der Waals surface area (Å²) in [7, 11) is -3.61. The van der Waals surface area contributed by atoms with Crippen molar-refractivity contribution in [2.45, 2.75) is 24.3 Å². The molecule has 7 heteroatoms. The van der Waals surface area contributed by atoms with E-state index in [1.54, 1.807) is 6.07 Å². The maximum Gasteiger partial charge on any atom is 0.266 e. The molecule has 0 saturated carbocycles. The first-order valence-corrected chi connectivity index (χ1v) is 9.58. The Morgan fingerprint density at radius 1 is 1.33 bits per heavy atom. The molecular formula is C14H14BrNO3S2. The number of rotatable bonds is 3. The quantitative estimate of drug-likeness (QED) is 0.879. The van der Waals surface area contributed by atoms with Crippen molar-refractivity contribution in [2.75, 3.05) is 10.8 Å². The Bertz CT molecular complexity index is 770. The van der Waals surface area contributed by atoms with Gasteiger partial charge in [0, 0.05) is 11.4 Å². The molecule has 0 atom stereocenters. The first kappa shape index (κ1) is 15.0. The number of sulfonamides is 1. The molecule has 2 aromatic rings. The fraction of sp³-hybridized carbons (Fsp3) is 0.286. The van der Waals surface area contributed by atoms with Gasteiger partial charge in [-0.05, 0) is 46.5 Å². The van der Waals surface area contributed by atoms with Crippen LogP contribution in [0.1, 0.15) is 16.9 Å². The Hall–Kier alpha value is -0.890. The van der Waals surface area contributed by atoms with Crippen LogP contribution < -0.4 is 4.31 Å². The Kier molecular flexibility index (Phi) is 4.09. The molecule has 1 aromatic heterocycles. The molecule has 0 amide bonds. The molecular weight excluding hydrogens is 374 g/mol. The van der Waals surface area contributed by atoms with Crippen LogP contribution in [0.15, 0.2) is 39.0 Å². The van der Waals surface area contributed by atoms with Crippen molar-refractivity contribution in [3.05, 3.63) is 44.6 Å². The zero-order valence-corrected chi connectivity index (χ0v) is 14.3. The van der Waals surface area contributed by atoms with Crippen molar-refractivity contribution < 1.29 is 13.5 Å². The smallest absolute Gasteiger partial charge is 0.266 e. The number of nitrogens with zero attached hydrogens (tertiary/aromatic N) is 1. The summed E-state index contributed by atoms with van der Waals surface area (Å²) in [4.78, 5) is 0.860. The van der Waals surface area contributed by atoms with Crippen LogP contribution in [0.2, 0.25) is 0 Å². The standard InChI is InChI=1S/C14H14BrNO3S2/c15-14-13(8-11(9-17)20-14)21(18,19)16-7-3-5-10-4-1-2-6-12(10)16/h1-2,4,6,8,17H,3,5,7,9H2. The van der Waals surface area contributed by atoms with Crippen LogP contribution in [0.4, 0.5) is 5.69 Å². The van der Waals surface area contributed by atoms with Crippen LogP contribution in [0.3, 0.4) is 0 Å². The van der Waals surface area contributed by atoms with Crippen molar-refractivity contribution in [1.29, 1.82) is 0 Å². The fourth-order valence-electron chi connectivity index (χ4n) is 2.52. The van der Waals surface area contributed by atoms with Crippen LogP contribution >= 0.6 is 27.3 Å². The molecule has 0 aliphatic carbocycles. The summed E-state index contributed by atoms with van der Waals surface area (Å²) >= 11 is 4.55. The highest BCUT2D eigenvalue weighted by Crippen LogP contribution is 2.37. The fourth-order valence-corrected chi connectivity index (χ4v) is 6.56. The predicted octanol–water partition coefficient (Wildman–Crippen LogP) is 3.14. The van der Waals surface area contributed by atoms with Crippen LogP contribution in [0.5, 0.6) is 0 Å². The average molecular weight is 388 g/mol. The van der Waals surface area contributed by atoms with Crippen LogP contribution in [-0.4, -0.2) is 20.1 Å². The average Bonchev–Trinajstić information content (AvgIpc) is 2.88. The number of thiophene rings is 1. The zero-order chi connectivity index (χ0) is 15.0. The summed E-state index contributed by atoms with van der Waals surface area (Å²) in [5, 5.41) is 9.19. The summed E-state index contributed by atoms with van der Waals surface area (Å²) in [5.74, 6) is 0. The van der Waals surface area contributed by atoms with Gasteiger partial charge in [-0.2, -0.15) is 0 Å². The minimum Gasteiger partial charge on any atom is -0.391 e. The predicted molar refractivity (Wildman–Crippen MR) is 87.2 cm³/mol. The van der Waals surface area contributed by atoms with Gasteiger partial charge in [0.05, 0.1) is 16.1 Å². The van der Waals surface area contributed by atoms with E-state index < -0.39 is 10.0 Å². The molecule has 2 heterocycles. The number of benzene rings is 1. The minimum atomic E-state index is -3.61. The van der Waals surface area contributed by atoms with E-state index >= 15 is 0 Å². The second-order valence-corrected chi connectivity index (χ2v) is 9.10. The Morgan fingerprint density at radius 3 is 2.81 bits per heavy atom. The summed E-state index contributed by atoms with van der Waals surface area (Å²) in [6.45, 7) is 0.325. The molecule has 112 valence electrons. The number of hydrogen-bond donors (Lipinski definition) is 1. The van der Waals surface area contributed by atoms with Crippen LogP contribution in [-0.2, 0) is 23.1 Å². The van der Waals surface area contributed by atoms with Crippen molar-refractivity contribution in [3.63, 3.8) is 0 Å². The van der Waals surface area contributed by atoms with Gasteiger partial charge in [-0.3, -0.25) is 4.31 Å². The molecule has 0 saturated heterocycles. The lowest BCUT2D eigenvalue weighted by molar-refractivity contribution is 0.285. The van der Waals surface area contributed by atoms with Gasteiger partial charge in [-0.1, -0.05) is 18.2 Å². The van der Waals surface area contributed by atoms with Gasteiger partial charge in [0.25, 0.3) is 10.0 Å². The van der Waals surface area contributed by atoms with Gasteiger partial charge >= 0.3 is 0 Å². The van der Waals surface area contributed by atoms with Crippen molar-refractivity contribution in [3.8, 4) is 0 Å². The van der Waals surface area contributed by atoms with E-state index in [0.29, 0.717) is 15.2 Å². The topological polar surface area (TPSA) is 57.6 Å². The summed E-state index contributed by atoms with van der Waals surface area (Å²) in [6, 6.07) is 9.15. The molecule has 4 nitrogen and oxygen atoms in total. The second-order valence-electron chi connectivity index (χ2n) is 4.82. The van der Waals surface area contributed by atoms with E-state index in [0.717, 1.165) is 24.1 Å². The molecule has 0 spiro atoms. The highest BCUT2D eigenvalue weighted by molar-refractivity contribution is 9.11. The first-order valence-electron chi connectivity index (χ1n) is 6.54. The molecule has 3 rings (SSSR count). The molecule has 1 aliphatic heterocycles. The summed E-state index contributed by atoms with van der Waals surface area (Å²) < 4.78 is 27.9. The maximum absolute atomic E-state index is 12.9. The molecule has 0 fully saturated rings. The largest absolute Gasteiger partial charge is 0.391 e. The molecule has 0 bridgehead atoms. The SMILES string of the molecule is O=S(=O)(c1cc(CO)sc1Br)N1CCCc2ccccc21. The lowest BCUT2D eigenvalue weighted by Gasteiger charge is -2.30. The number of aliphatic hydroxyl groups is 1. The first-order chi connectivity index (χ1) is 10.0. The molecule has 21 heavy (non-hydrogen) atoms. The van der Waals surface area contributed by atoms with Crippen molar-refractivity contribution in [2.24, 2.45) is 0 Å². The molecule has 0 radical (unpaired) electrons. The normalized spacial score (nSPS) is 15.0. The number of hydrogen-bond acceptors (Lipinski definition) is 4. The highest BCUT2D eigenvalue weighted by atomic mass is 79.9. The van der Waals surface area contributed by atoms with Crippen molar-refractivity contribution in [1.82, 2.24) is 0 Å². The summed E-state index contributed by atoms with van der Waals surface area (Å²) in [5.41, 5.74) is 1.81. The molecule has 1 aromatic carbocycles. The second kappa shape index (κ2) is 5.72. The highest BCUT2D eigenvalue weighted by Gasteiger charge is 2.31. The van der Waals surface area contributed by atoms with Gasteiger partial charge in [0.15, 0.2) is 0 Å². The van der Waals surface area contributed by atoms with E-state index in [2.05, 4.69) is 15.9 Å². The third-order valence-electron chi connectivity index (χ3n) is 3.50. The van der Waals surface area contributed by atoms with E-state index in [-0.39, 0.29) is 11.5 Å².